The molecular formula is C27H21N6Na4O12PS2. The van der Waals surface area contributed by atoms with Crippen molar-refractivity contribution < 1.29 is 169 Å². The van der Waals surface area contributed by atoms with Crippen LogP contribution in [0.1, 0.15) is 16.7 Å². The molecule has 0 radical (unpaired) electrons. The van der Waals surface area contributed by atoms with Crippen molar-refractivity contribution in [1.29, 1.82) is 5.41 Å². The second kappa shape index (κ2) is 20.8. The van der Waals surface area contributed by atoms with Gasteiger partial charge in [0, 0.05) is 6.54 Å². The van der Waals surface area contributed by atoms with E-state index in [4.69, 9.17) is 9.96 Å². The number of aryl methyl sites for hydroxylation is 1. The van der Waals surface area contributed by atoms with Gasteiger partial charge in [-0.3, -0.25) is 13.9 Å². The first-order valence-electron chi connectivity index (χ1n) is 13.1. The Kier molecular flexibility index (Phi) is 20.4. The van der Waals surface area contributed by atoms with E-state index in [1.54, 1.807) is 0 Å². The average molecular weight is 809 g/mol. The van der Waals surface area contributed by atoms with E-state index in [0.29, 0.717) is 10.1 Å². The molecule has 0 unspecified atom stereocenters. The van der Waals surface area contributed by atoms with Gasteiger partial charge < -0.3 is 34.5 Å². The predicted octanol–water partition coefficient (Wildman–Crippen LogP) is -11.0. The second-order valence-electron chi connectivity index (χ2n) is 9.85. The van der Waals surface area contributed by atoms with Crippen LogP contribution in [-0.2, 0) is 37.8 Å². The fourth-order valence-corrected chi connectivity index (χ4v) is 5.93. The summed E-state index contributed by atoms with van der Waals surface area (Å²) >= 11 is 0. The molecule has 1 heterocycles. The molecule has 0 aliphatic rings. The van der Waals surface area contributed by atoms with Gasteiger partial charge in [-0.15, -0.1) is 10.2 Å². The molecule has 0 spiro atoms. The molecule has 0 saturated heterocycles. The number of hydrogen-bond acceptors (Lipinski definition) is 15. The Morgan fingerprint density at radius 1 is 0.846 bits per heavy atom. The summed E-state index contributed by atoms with van der Waals surface area (Å²) in [6.45, 7) is 0.782. The van der Waals surface area contributed by atoms with Crippen LogP contribution in [0.4, 0.5) is 22.7 Å². The smallest absolute Gasteiger partial charge is 0.860 e. The summed E-state index contributed by atoms with van der Waals surface area (Å²) in [4.78, 5) is 34.6. The van der Waals surface area contributed by atoms with Crippen molar-refractivity contribution in [3.63, 3.8) is 0 Å². The summed E-state index contributed by atoms with van der Waals surface area (Å²) in [6, 6.07) is 12.4. The van der Waals surface area contributed by atoms with Crippen molar-refractivity contribution in [2.75, 3.05) is 0 Å². The van der Waals surface area contributed by atoms with Crippen molar-refractivity contribution in [2.45, 2.75) is 29.7 Å². The Morgan fingerprint density at radius 3 is 1.94 bits per heavy atom. The van der Waals surface area contributed by atoms with E-state index in [-0.39, 0.29) is 148 Å². The second-order valence-corrected chi connectivity index (χ2v) is 14.2. The number of benzene rings is 3. The van der Waals surface area contributed by atoms with Crippen LogP contribution in [0.2, 0.25) is 0 Å². The van der Waals surface area contributed by atoms with Crippen LogP contribution in [0, 0.1) is 12.3 Å². The van der Waals surface area contributed by atoms with Crippen LogP contribution in [0.25, 0.3) is 0 Å². The van der Waals surface area contributed by atoms with Gasteiger partial charge in [0.1, 0.15) is 10.6 Å². The van der Waals surface area contributed by atoms with E-state index in [1.165, 1.54) is 30.3 Å². The molecule has 25 heteroatoms. The Morgan fingerprint density at radius 2 is 1.42 bits per heavy atom. The van der Waals surface area contributed by atoms with Gasteiger partial charge in [-0.25, -0.2) is 0 Å². The molecule has 4 rings (SSSR count). The topological polar surface area (TPSA) is 313 Å². The van der Waals surface area contributed by atoms with E-state index in [2.05, 4.69) is 20.5 Å². The quantitative estimate of drug-likeness (QED) is 0.0318. The largest absolute Gasteiger partial charge is 1.00 e. The average Bonchev–Trinajstić information content (AvgIpc) is 2.99. The minimum atomic E-state index is -5.09. The molecule has 0 aliphatic heterocycles. The first-order chi connectivity index (χ1) is 22.3. The summed E-state index contributed by atoms with van der Waals surface area (Å²) in [7, 11) is -14.6. The number of pyridine rings is 1. The molecule has 0 aliphatic carbocycles. The SMILES string of the molecule is Cc1c(C(=N)[O-])c([O-])n(CCc2ccc(S(=O)(=O)O)cc2)c(=O)c1N=Nc1ccc(N=Nc2cccc(P(=O)([O-])[O-])c2)cc1S(=O)(=O)O.[Na+].[Na+].[Na+].[Na+]. The molecule has 3 N–H and O–H groups in total. The zero-order valence-electron chi connectivity index (χ0n) is 28.2. The van der Waals surface area contributed by atoms with E-state index in [1.807, 2.05) is 0 Å². The molecule has 52 heavy (non-hydrogen) atoms. The van der Waals surface area contributed by atoms with E-state index < -0.39 is 77.2 Å². The number of nitrogens with zero attached hydrogens (tertiary/aromatic N) is 5. The number of rotatable bonds is 11. The molecule has 3 aromatic carbocycles. The van der Waals surface area contributed by atoms with Gasteiger partial charge >= 0.3 is 118 Å². The molecule has 4 aromatic rings. The summed E-state index contributed by atoms with van der Waals surface area (Å²) in [5.41, 5.74) is -3.07. The fourth-order valence-electron chi connectivity index (χ4n) is 4.25. The monoisotopic (exact) mass is 808 g/mol. The van der Waals surface area contributed by atoms with Gasteiger partial charge in [-0.1, -0.05) is 24.3 Å². The summed E-state index contributed by atoms with van der Waals surface area (Å²) in [5.74, 6) is -2.56. The third-order valence-electron chi connectivity index (χ3n) is 6.62. The normalized spacial score (nSPS) is 11.6. The van der Waals surface area contributed by atoms with Crippen molar-refractivity contribution in [1.82, 2.24) is 4.57 Å². The third-order valence-corrected chi connectivity index (χ3v) is 9.28. The predicted molar refractivity (Wildman–Crippen MR) is 160 cm³/mol. The van der Waals surface area contributed by atoms with E-state index >= 15 is 0 Å². The molecule has 252 valence electrons. The van der Waals surface area contributed by atoms with Crippen LogP contribution in [0.5, 0.6) is 5.88 Å². The number of nitrogens with one attached hydrogen (secondary N) is 1. The zero-order chi connectivity index (χ0) is 35.6. The summed E-state index contributed by atoms with van der Waals surface area (Å²) < 4.78 is 77.7. The zero-order valence-corrected chi connectivity index (χ0v) is 38.8. The van der Waals surface area contributed by atoms with Crippen LogP contribution in [-0.4, -0.2) is 36.4 Å². The Bertz CT molecular complexity index is 2340. The Hall–Kier alpha value is -0.950. The van der Waals surface area contributed by atoms with Gasteiger partial charge in [-0.05, 0) is 97.2 Å². The maximum Gasteiger partial charge on any atom is 1.00 e. The van der Waals surface area contributed by atoms with Crippen molar-refractivity contribution in [2.24, 2.45) is 20.5 Å². The molecule has 0 amide bonds. The summed E-state index contributed by atoms with van der Waals surface area (Å²) in [6.07, 6.45) is -0.0491. The van der Waals surface area contributed by atoms with Gasteiger partial charge in [0.2, 0.25) is 0 Å². The van der Waals surface area contributed by atoms with E-state index in [9.17, 15) is 50.7 Å². The van der Waals surface area contributed by atoms with Crippen LogP contribution < -0.4 is 149 Å². The van der Waals surface area contributed by atoms with Crippen molar-refractivity contribution in [3.05, 3.63) is 93.8 Å². The molecule has 0 fully saturated rings. The molecule has 1 aromatic heterocycles. The molecular weight excluding hydrogens is 787 g/mol. The third kappa shape index (κ3) is 13.1. The van der Waals surface area contributed by atoms with Crippen molar-refractivity contribution in [3.8, 4) is 5.88 Å². The minimum absolute atomic E-state index is 0. The van der Waals surface area contributed by atoms with Crippen LogP contribution in [0.15, 0.2) is 102 Å². The first-order valence-corrected chi connectivity index (χ1v) is 17.5. The Balaban J connectivity index is 0.00000650. The van der Waals surface area contributed by atoms with Gasteiger partial charge in [0.15, 0.2) is 5.69 Å². The fraction of sp³-hybridized carbons (Fsp3) is 0.111. The minimum Gasteiger partial charge on any atom is -0.860 e. The molecule has 0 atom stereocenters. The first kappa shape index (κ1) is 51.0. The summed E-state index contributed by atoms with van der Waals surface area (Å²) in [5, 5.41) is 47.0. The number of azo groups is 2. The number of aromatic nitrogens is 1. The molecule has 0 bridgehead atoms. The number of hydrogen-bond donors (Lipinski definition) is 3. The molecule has 18 nitrogen and oxygen atoms in total. The maximum absolute atomic E-state index is 13.3. The van der Waals surface area contributed by atoms with Crippen LogP contribution >= 0.6 is 7.60 Å². The molecule has 0 saturated carbocycles. The maximum atomic E-state index is 13.3. The van der Waals surface area contributed by atoms with Gasteiger partial charge in [-0.2, -0.15) is 27.1 Å². The Labute approximate surface area is 385 Å². The van der Waals surface area contributed by atoms with E-state index in [0.717, 1.165) is 43.3 Å². The van der Waals surface area contributed by atoms with Gasteiger partial charge in [0.05, 0.1) is 16.3 Å². The van der Waals surface area contributed by atoms with Gasteiger partial charge in [0.25, 0.3) is 25.8 Å². The van der Waals surface area contributed by atoms with Crippen LogP contribution in [0.3, 0.4) is 0 Å². The van der Waals surface area contributed by atoms with Crippen molar-refractivity contribution >= 4 is 61.8 Å². The standard InChI is InChI=1S/C27H25N6O12PS2.4Na/c1-15-23(25(28)34)26(35)33(12-11-16-5-8-20(9-6-16)47(40,41)42)27(36)24(15)32-31-21-10-7-18(14-22(21)48(43,44)45)30-29-17-3-2-4-19(13-17)46(37,38)39;;;;/h2-10,13-14,35H,11-12H2,1H3,(H2,28,34)(H2,37,38,39)(H,40,41,42)(H,43,44,45);;;;/q;4*+1/p-4.